The van der Waals surface area contributed by atoms with E-state index in [2.05, 4.69) is 10.2 Å². The molecule has 1 aromatic rings. The molecule has 1 heterocycles. The molecule has 0 aliphatic carbocycles. The number of rotatable bonds is 5. The normalized spacial score (nSPS) is 21.4. The van der Waals surface area contributed by atoms with Gasteiger partial charge in [0, 0.05) is 25.7 Å². The SMILES string of the molecule is CC(C)(C)OC(=O)NC1(/C=C/C(=O)O)CCN(Cc2ccccc2)C1. The number of hydrogen-bond donors (Lipinski definition) is 2. The quantitative estimate of drug-likeness (QED) is 0.802. The minimum Gasteiger partial charge on any atom is -0.478 e. The zero-order valence-electron chi connectivity index (χ0n) is 15.0. The van der Waals surface area contributed by atoms with Gasteiger partial charge in [0.15, 0.2) is 0 Å². The molecule has 1 amide bonds. The molecule has 0 bridgehead atoms. The van der Waals surface area contributed by atoms with Gasteiger partial charge in [0.1, 0.15) is 5.60 Å². The number of nitrogens with zero attached hydrogens (tertiary/aromatic N) is 1. The van der Waals surface area contributed by atoms with Gasteiger partial charge in [-0.25, -0.2) is 9.59 Å². The van der Waals surface area contributed by atoms with Crippen molar-refractivity contribution in [2.45, 2.75) is 44.9 Å². The molecule has 1 aliphatic heterocycles. The maximum absolute atomic E-state index is 12.2. The number of aliphatic carboxylic acids is 1. The summed E-state index contributed by atoms with van der Waals surface area (Å²) in [4.78, 5) is 25.3. The molecule has 1 aromatic carbocycles. The summed E-state index contributed by atoms with van der Waals surface area (Å²) < 4.78 is 5.34. The first-order valence-corrected chi connectivity index (χ1v) is 8.37. The number of carbonyl (C=O) groups is 2. The third kappa shape index (κ3) is 6.23. The van der Waals surface area contributed by atoms with Crippen LogP contribution in [-0.2, 0) is 16.1 Å². The highest BCUT2D eigenvalue weighted by Crippen LogP contribution is 2.25. The largest absolute Gasteiger partial charge is 0.478 e. The van der Waals surface area contributed by atoms with Crippen LogP contribution in [-0.4, -0.2) is 46.3 Å². The number of benzene rings is 1. The van der Waals surface area contributed by atoms with Crippen LogP contribution in [0.4, 0.5) is 4.79 Å². The van der Waals surface area contributed by atoms with Gasteiger partial charge in [-0.1, -0.05) is 36.4 Å². The fraction of sp³-hybridized carbons (Fsp3) is 0.474. The Kier molecular flexibility index (Phi) is 5.85. The highest BCUT2D eigenvalue weighted by molar-refractivity contribution is 5.80. The first-order chi connectivity index (χ1) is 11.7. The van der Waals surface area contributed by atoms with E-state index in [0.717, 1.165) is 19.2 Å². The minimum atomic E-state index is -1.04. The van der Waals surface area contributed by atoms with Crippen molar-refractivity contribution in [1.29, 1.82) is 0 Å². The van der Waals surface area contributed by atoms with Crippen molar-refractivity contribution in [1.82, 2.24) is 10.2 Å². The molecule has 1 unspecified atom stereocenters. The number of carboxylic acid groups (broad SMARTS) is 1. The highest BCUT2D eigenvalue weighted by atomic mass is 16.6. The van der Waals surface area contributed by atoms with Crippen LogP contribution in [0.15, 0.2) is 42.5 Å². The summed E-state index contributed by atoms with van der Waals surface area (Å²) in [5.74, 6) is -1.04. The molecule has 1 atom stereocenters. The van der Waals surface area contributed by atoms with E-state index in [1.54, 1.807) is 26.8 Å². The van der Waals surface area contributed by atoms with Crippen molar-refractivity contribution in [3.63, 3.8) is 0 Å². The molecular formula is C19H26N2O4. The van der Waals surface area contributed by atoms with Gasteiger partial charge in [0.2, 0.25) is 0 Å². The van der Waals surface area contributed by atoms with Crippen LogP contribution in [0.25, 0.3) is 0 Å². The summed E-state index contributed by atoms with van der Waals surface area (Å²) in [5.41, 5.74) is -0.169. The van der Waals surface area contributed by atoms with Crippen molar-refractivity contribution >= 4 is 12.1 Å². The average Bonchev–Trinajstić information content (AvgIpc) is 2.87. The molecule has 6 nitrogen and oxygen atoms in total. The molecule has 2 N–H and O–H groups in total. The van der Waals surface area contributed by atoms with E-state index in [4.69, 9.17) is 9.84 Å². The summed E-state index contributed by atoms with van der Waals surface area (Å²) in [5, 5.41) is 11.8. The van der Waals surface area contributed by atoms with E-state index in [-0.39, 0.29) is 0 Å². The number of ether oxygens (including phenoxy) is 1. The molecule has 0 aromatic heterocycles. The summed E-state index contributed by atoms with van der Waals surface area (Å²) in [7, 11) is 0. The maximum atomic E-state index is 12.2. The summed E-state index contributed by atoms with van der Waals surface area (Å²) in [6.07, 6.45) is 2.74. The van der Waals surface area contributed by atoms with Crippen molar-refractivity contribution in [3.8, 4) is 0 Å². The van der Waals surface area contributed by atoms with Gasteiger partial charge in [-0.15, -0.1) is 0 Å². The second-order valence-corrected chi connectivity index (χ2v) is 7.40. The molecule has 6 heteroatoms. The van der Waals surface area contributed by atoms with E-state index in [9.17, 15) is 9.59 Å². The minimum absolute atomic E-state index is 0.533. The van der Waals surface area contributed by atoms with Crippen molar-refractivity contribution < 1.29 is 19.4 Å². The summed E-state index contributed by atoms with van der Waals surface area (Å²) in [6, 6.07) is 10.0. The van der Waals surface area contributed by atoms with E-state index >= 15 is 0 Å². The molecule has 136 valence electrons. The van der Waals surface area contributed by atoms with Crippen molar-refractivity contribution in [2.24, 2.45) is 0 Å². The molecule has 25 heavy (non-hydrogen) atoms. The first-order valence-electron chi connectivity index (χ1n) is 8.37. The maximum Gasteiger partial charge on any atom is 0.408 e. The standard InChI is InChI=1S/C19H26N2O4/c1-18(2,3)25-17(24)20-19(10-9-16(22)23)11-12-21(14-19)13-15-7-5-4-6-8-15/h4-10H,11-14H2,1-3H3,(H,20,24)(H,22,23)/b10-9+. The Hall–Kier alpha value is -2.34. The molecule has 1 aliphatic rings. The molecular weight excluding hydrogens is 320 g/mol. The van der Waals surface area contributed by atoms with E-state index in [1.807, 2.05) is 30.3 Å². The zero-order chi connectivity index (χ0) is 18.5. The van der Waals surface area contributed by atoms with Crippen LogP contribution >= 0.6 is 0 Å². The van der Waals surface area contributed by atoms with Gasteiger partial charge in [0.05, 0.1) is 5.54 Å². The first kappa shape index (κ1) is 19.0. The number of carbonyl (C=O) groups excluding carboxylic acids is 1. The predicted molar refractivity (Wildman–Crippen MR) is 95.2 cm³/mol. The Labute approximate surface area is 148 Å². The smallest absolute Gasteiger partial charge is 0.408 e. The van der Waals surface area contributed by atoms with Gasteiger partial charge in [-0.05, 0) is 32.8 Å². The van der Waals surface area contributed by atoms with Crippen LogP contribution in [0.5, 0.6) is 0 Å². The third-order valence-electron chi connectivity index (χ3n) is 3.92. The van der Waals surface area contributed by atoms with Crippen molar-refractivity contribution in [3.05, 3.63) is 48.0 Å². The predicted octanol–water partition coefficient (Wildman–Crippen LogP) is 2.80. The average molecular weight is 346 g/mol. The van der Waals surface area contributed by atoms with Crippen LogP contribution < -0.4 is 5.32 Å². The van der Waals surface area contributed by atoms with Gasteiger partial charge < -0.3 is 15.2 Å². The van der Waals surface area contributed by atoms with Crippen molar-refractivity contribution in [2.75, 3.05) is 13.1 Å². The fourth-order valence-electron chi connectivity index (χ4n) is 2.91. The monoisotopic (exact) mass is 346 g/mol. The summed E-state index contributed by atoms with van der Waals surface area (Å²) >= 11 is 0. The van der Waals surface area contributed by atoms with E-state index in [0.29, 0.717) is 13.0 Å². The molecule has 2 rings (SSSR count). The van der Waals surface area contributed by atoms with Crippen LogP contribution in [0, 0.1) is 0 Å². The Morgan fingerprint density at radius 2 is 2.00 bits per heavy atom. The number of likely N-dealkylation sites (tertiary alicyclic amines) is 1. The second kappa shape index (κ2) is 7.70. The van der Waals surface area contributed by atoms with Crippen LogP contribution in [0.3, 0.4) is 0 Å². The lowest BCUT2D eigenvalue weighted by Crippen LogP contribution is -2.50. The third-order valence-corrected chi connectivity index (χ3v) is 3.92. The Morgan fingerprint density at radius 1 is 1.32 bits per heavy atom. The molecule has 0 spiro atoms. The van der Waals surface area contributed by atoms with Crippen LogP contribution in [0.2, 0.25) is 0 Å². The number of amides is 1. The fourth-order valence-corrected chi connectivity index (χ4v) is 2.91. The van der Waals surface area contributed by atoms with Gasteiger partial charge in [0.25, 0.3) is 0 Å². The topological polar surface area (TPSA) is 78.9 Å². The lowest BCUT2D eigenvalue weighted by atomic mass is 9.98. The molecule has 1 saturated heterocycles. The number of carboxylic acids is 1. The second-order valence-electron chi connectivity index (χ2n) is 7.40. The Balaban J connectivity index is 2.09. The number of hydrogen-bond acceptors (Lipinski definition) is 4. The van der Waals surface area contributed by atoms with Crippen LogP contribution in [0.1, 0.15) is 32.8 Å². The molecule has 0 saturated carbocycles. The van der Waals surface area contributed by atoms with E-state index < -0.39 is 23.2 Å². The van der Waals surface area contributed by atoms with Gasteiger partial charge in [-0.3, -0.25) is 4.90 Å². The molecule has 0 radical (unpaired) electrons. The van der Waals surface area contributed by atoms with Gasteiger partial charge in [-0.2, -0.15) is 0 Å². The Morgan fingerprint density at radius 3 is 2.60 bits per heavy atom. The summed E-state index contributed by atoms with van der Waals surface area (Å²) in [6.45, 7) is 7.42. The Bertz CT molecular complexity index is 637. The highest BCUT2D eigenvalue weighted by Gasteiger charge is 2.38. The molecule has 1 fully saturated rings. The van der Waals surface area contributed by atoms with Gasteiger partial charge >= 0.3 is 12.1 Å². The lowest BCUT2D eigenvalue weighted by Gasteiger charge is -2.29. The number of nitrogens with one attached hydrogen (secondary N) is 1. The zero-order valence-corrected chi connectivity index (χ0v) is 15.0. The van der Waals surface area contributed by atoms with E-state index in [1.165, 1.54) is 5.56 Å². The number of alkyl carbamates (subject to hydrolysis) is 1. The lowest BCUT2D eigenvalue weighted by molar-refractivity contribution is -0.131.